The first kappa shape index (κ1) is 13.1. The van der Waals surface area contributed by atoms with Crippen LogP contribution >= 0.6 is 0 Å². The second-order valence-electron chi connectivity index (χ2n) is 4.61. The van der Waals surface area contributed by atoms with E-state index in [9.17, 15) is 4.79 Å². The summed E-state index contributed by atoms with van der Waals surface area (Å²) in [5.74, 6) is 0.112. The number of carbonyl (C=O) groups excluding carboxylic acids is 1. The van der Waals surface area contributed by atoms with Gasteiger partial charge < -0.3 is 10.6 Å². The van der Waals surface area contributed by atoms with E-state index in [-0.39, 0.29) is 11.9 Å². The van der Waals surface area contributed by atoms with E-state index in [1.165, 1.54) is 5.56 Å². The van der Waals surface area contributed by atoms with Gasteiger partial charge in [-0.25, -0.2) is 0 Å². The normalized spacial score (nSPS) is 18.3. The molecule has 18 heavy (non-hydrogen) atoms. The fourth-order valence-corrected chi connectivity index (χ4v) is 2.39. The molecule has 0 saturated carbocycles. The molecule has 1 atom stereocenters. The lowest BCUT2D eigenvalue weighted by Gasteiger charge is -2.33. The molecule has 0 aromatic heterocycles. The summed E-state index contributed by atoms with van der Waals surface area (Å²) >= 11 is 0. The third-order valence-electron chi connectivity index (χ3n) is 3.41. The standard InChI is InChI=1S/C14H21N3O/c1-15-14(18)13(17-9-7-16-8-10-17)11-12-5-3-2-4-6-12/h2-6,13,16H,7-11H2,1H3,(H,15,18). The van der Waals surface area contributed by atoms with Crippen molar-refractivity contribution in [2.24, 2.45) is 0 Å². The van der Waals surface area contributed by atoms with Crippen LogP contribution in [-0.4, -0.2) is 50.1 Å². The van der Waals surface area contributed by atoms with Crippen LogP contribution < -0.4 is 10.6 Å². The van der Waals surface area contributed by atoms with Crippen LogP contribution in [0.4, 0.5) is 0 Å². The number of rotatable bonds is 4. The molecule has 1 aliphatic heterocycles. The number of likely N-dealkylation sites (N-methyl/N-ethyl adjacent to an activating group) is 1. The van der Waals surface area contributed by atoms with E-state index >= 15 is 0 Å². The maximum Gasteiger partial charge on any atom is 0.237 e. The summed E-state index contributed by atoms with van der Waals surface area (Å²) in [6, 6.07) is 10.2. The summed E-state index contributed by atoms with van der Waals surface area (Å²) in [7, 11) is 1.71. The van der Waals surface area contributed by atoms with Gasteiger partial charge in [0.2, 0.25) is 5.91 Å². The molecule has 0 radical (unpaired) electrons. The van der Waals surface area contributed by atoms with Crippen molar-refractivity contribution in [3.8, 4) is 0 Å². The summed E-state index contributed by atoms with van der Waals surface area (Å²) in [5, 5.41) is 6.10. The zero-order valence-electron chi connectivity index (χ0n) is 10.9. The Morgan fingerprint density at radius 3 is 2.61 bits per heavy atom. The average molecular weight is 247 g/mol. The van der Waals surface area contributed by atoms with Crippen LogP contribution in [0.5, 0.6) is 0 Å². The third-order valence-corrected chi connectivity index (χ3v) is 3.41. The molecule has 0 aliphatic carbocycles. The highest BCUT2D eigenvalue weighted by atomic mass is 16.2. The lowest BCUT2D eigenvalue weighted by Crippen LogP contribution is -2.54. The SMILES string of the molecule is CNC(=O)C(Cc1ccccc1)N1CCNCC1. The average Bonchev–Trinajstić information content (AvgIpc) is 2.46. The predicted molar refractivity (Wildman–Crippen MR) is 72.4 cm³/mol. The summed E-state index contributed by atoms with van der Waals surface area (Å²) < 4.78 is 0. The Hall–Kier alpha value is -1.39. The van der Waals surface area contributed by atoms with Gasteiger partial charge in [0.25, 0.3) is 0 Å². The molecule has 4 nitrogen and oxygen atoms in total. The molecule has 1 saturated heterocycles. The van der Waals surface area contributed by atoms with Gasteiger partial charge in [0.15, 0.2) is 0 Å². The van der Waals surface area contributed by atoms with Crippen LogP contribution in [0.15, 0.2) is 30.3 Å². The number of benzene rings is 1. The minimum absolute atomic E-state index is 0.0560. The third kappa shape index (κ3) is 3.31. The number of hydrogen-bond acceptors (Lipinski definition) is 3. The van der Waals surface area contributed by atoms with Gasteiger partial charge in [0.05, 0.1) is 6.04 Å². The van der Waals surface area contributed by atoms with Gasteiger partial charge >= 0.3 is 0 Å². The van der Waals surface area contributed by atoms with Gasteiger partial charge in [-0.05, 0) is 12.0 Å². The molecule has 2 rings (SSSR count). The summed E-state index contributed by atoms with van der Waals surface area (Å²) in [4.78, 5) is 14.3. The number of carbonyl (C=O) groups is 1. The Morgan fingerprint density at radius 1 is 1.33 bits per heavy atom. The van der Waals surface area contributed by atoms with Crippen LogP contribution in [-0.2, 0) is 11.2 Å². The van der Waals surface area contributed by atoms with Gasteiger partial charge in [-0.2, -0.15) is 0 Å². The highest BCUT2D eigenvalue weighted by molar-refractivity contribution is 5.81. The Bertz CT molecular complexity index is 374. The molecule has 0 spiro atoms. The molecule has 1 amide bonds. The topological polar surface area (TPSA) is 44.4 Å². The number of nitrogens with one attached hydrogen (secondary N) is 2. The summed E-state index contributed by atoms with van der Waals surface area (Å²) in [5.41, 5.74) is 1.21. The lowest BCUT2D eigenvalue weighted by molar-refractivity contribution is -0.126. The van der Waals surface area contributed by atoms with Crippen molar-refractivity contribution in [2.75, 3.05) is 33.2 Å². The van der Waals surface area contributed by atoms with Crippen molar-refractivity contribution in [1.82, 2.24) is 15.5 Å². The fourth-order valence-electron chi connectivity index (χ4n) is 2.39. The van der Waals surface area contributed by atoms with Crippen LogP contribution in [0.25, 0.3) is 0 Å². The van der Waals surface area contributed by atoms with Crippen molar-refractivity contribution in [3.63, 3.8) is 0 Å². The molecule has 98 valence electrons. The van der Waals surface area contributed by atoms with Crippen molar-refractivity contribution >= 4 is 5.91 Å². The first-order chi connectivity index (χ1) is 8.81. The second kappa shape index (κ2) is 6.52. The van der Waals surface area contributed by atoms with Crippen molar-refractivity contribution in [3.05, 3.63) is 35.9 Å². The molecule has 1 aromatic carbocycles. The zero-order valence-corrected chi connectivity index (χ0v) is 10.9. The van der Waals surface area contributed by atoms with Gasteiger partial charge in [-0.1, -0.05) is 30.3 Å². The molecular weight excluding hydrogens is 226 g/mol. The van der Waals surface area contributed by atoms with Crippen molar-refractivity contribution < 1.29 is 4.79 Å². The number of piperazine rings is 1. The van der Waals surface area contributed by atoms with Crippen molar-refractivity contribution in [1.29, 1.82) is 0 Å². The van der Waals surface area contributed by atoms with Crippen LogP contribution in [0.3, 0.4) is 0 Å². The maximum absolute atomic E-state index is 12.0. The smallest absolute Gasteiger partial charge is 0.237 e. The lowest BCUT2D eigenvalue weighted by atomic mass is 10.0. The van der Waals surface area contributed by atoms with E-state index in [0.717, 1.165) is 32.6 Å². The quantitative estimate of drug-likeness (QED) is 0.801. The first-order valence-electron chi connectivity index (χ1n) is 6.51. The van der Waals surface area contributed by atoms with Crippen LogP contribution in [0.2, 0.25) is 0 Å². The van der Waals surface area contributed by atoms with E-state index in [2.05, 4.69) is 27.7 Å². The molecular formula is C14H21N3O. The molecule has 1 unspecified atom stereocenters. The van der Waals surface area contributed by atoms with Gasteiger partial charge in [0.1, 0.15) is 0 Å². The predicted octanol–water partition coefficient (Wildman–Crippen LogP) is 0.249. The minimum Gasteiger partial charge on any atom is -0.358 e. The number of amides is 1. The molecule has 0 bridgehead atoms. The Labute approximate surface area is 108 Å². The highest BCUT2D eigenvalue weighted by Crippen LogP contribution is 2.10. The Balaban J connectivity index is 2.07. The van der Waals surface area contributed by atoms with Crippen molar-refractivity contribution in [2.45, 2.75) is 12.5 Å². The zero-order chi connectivity index (χ0) is 12.8. The molecule has 1 aliphatic rings. The van der Waals surface area contributed by atoms with E-state index in [4.69, 9.17) is 0 Å². The Kier molecular flexibility index (Phi) is 4.73. The minimum atomic E-state index is -0.0560. The van der Waals surface area contributed by atoms with Gasteiger partial charge in [0, 0.05) is 33.2 Å². The van der Waals surface area contributed by atoms with Gasteiger partial charge in [-0.3, -0.25) is 9.69 Å². The molecule has 2 N–H and O–H groups in total. The van der Waals surface area contributed by atoms with E-state index in [1.54, 1.807) is 7.05 Å². The molecule has 1 fully saturated rings. The summed E-state index contributed by atoms with van der Waals surface area (Å²) in [6.45, 7) is 3.79. The molecule has 1 aromatic rings. The number of nitrogens with zero attached hydrogens (tertiary/aromatic N) is 1. The number of hydrogen-bond donors (Lipinski definition) is 2. The largest absolute Gasteiger partial charge is 0.358 e. The van der Waals surface area contributed by atoms with Crippen LogP contribution in [0.1, 0.15) is 5.56 Å². The first-order valence-corrected chi connectivity index (χ1v) is 6.51. The molecule has 1 heterocycles. The summed E-state index contributed by atoms with van der Waals surface area (Å²) in [6.07, 6.45) is 0.778. The highest BCUT2D eigenvalue weighted by Gasteiger charge is 2.26. The van der Waals surface area contributed by atoms with Crippen LogP contribution in [0, 0.1) is 0 Å². The van der Waals surface area contributed by atoms with E-state index < -0.39 is 0 Å². The van der Waals surface area contributed by atoms with E-state index in [1.807, 2.05) is 18.2 Å². The second-order valence-corrected chi connectivity index (χ2v) is 4.61. The van der Waals surface area contributed by atoms with Gasteiger partial charge in [-0.15, -0.1) is 0 Å². The molecule has 4 heteroatoms. The van der Waals surface area contributed by atoms with E-state index in [0.29, 0.717) is 0 Å². The monoisotopic (exact) mass is 247 g/mol. The Morgan fingerprint density at radius 2 is 2.00 bits per heavy atom. The fraction of sp³-hybridized carbons (Fsp3) is 0.500. The maximum atomic E-state index is 12.0.